The number of benzene rings is 1. The molecule has 4 nitrogen and oxygen atoms in total. The summed E-state index contributed by atoms with van der Waals surface area (Å²) in [6.07, 6.45) is 5.09. The van der Waals surface area contributed by atoms with Crippen LogP contribution >= 0.6 is 0 Å². The summed E-state index contributed by atoms with van der Waals surface area (Å²) in [5, 5.41) is 23.7. The molecule has 0 amide bonds. The number of likely N-dealkylation sites (N-methyl/N-ethyl adjacent to an activating group) is 1. The van der Waals surface area contributed by atoms with E-state index in [1.807, 2.05) is 0 Å². The van der Waals surface area contributed by atoms with Crippen molar-refractivity contribution in [1.29, 1.82) is 0 Å². The Bertz CT molecular complexity index is 814. The maximum Gasteiger partial charge on any atom is 0.194 e. The van der Waals surface area contributed by atoms with Crippen LogP contribution in [0.15, 0.2) is 24.3 Å². The number of unbranched alkanes of at least 4 members (excludes halogenated alkanes) is 1. The molecule has 6 aliphatic rings. The van der Waals surface area contributed by atoms with Gasteiger partial charge < -0.3 is 15.1 Å². The fourth-order valence-electron chi connectivity index (χ4n) is 9.27. The minimum atomic E-state index is -0.272. The molecule has 2 N–H and O–H groups in total. The lowest BCUT2D eigenvalue weighted by Crippen LogP contribution is -2.83. The van der Waals surface area contributed by atoms with Crippen LogP contribution in [0.2, 0.25) is 0 Å². The van der Waals surface area contributed by atoms with E-state index in [2.05, 4.69) is 50.1 Å². The van der Waals surface area contributed by atoms with Crippen molar-refractivity contribution in [3.05, 3.63) is 29.8 Å². The third-order valence-electron chi connectivity index (χ3n) is 10.0. The first kappa shape index (κ1) is 17.7. The normalized spacial score (nSPS) is 52.2. The molecule has 28 heavy (non-hydrogen) atoms. The number of anilines is 1. The third-order valence-corrected chi connectivity index (χ3v) is 10.0. The zero-order chi connectivity index (χ0) is 19.4. The van der Waals surface area contributed by atoms with Gasteiger partial charge in [0.25, 0.3) is 0 Å². The van der Waals surface area contributed by atoms with Crippen molar-refractivity contribution in [1.82, 2.24) is 0 Å². The molecule has 5 aliphatic heterocycles. The molecule has 4 saturated heterocycles. The van der Waals surface area contributed by atoms with E-state index in [9.17, 15) is 10.2 Å². The van der Waals surface area contributed by atoms with Crippen LogP contribution < -0.4 is 4.90 Å². The Balaban J connectivity index is 1.59. The fourth-order valence-corrected chi connectivity index (χ4v) is 9.27. The SMILES string of the molecule is CCCC[N@+]12[C@H](O)[C@H](CC)[C@H]3C[C@H]1[C@@H]1N(C)c4ccccc4[C@@]14C[C@H]2[C@@H]3[C@H]4O. The summed E-state index contributed by atoms with van der Waals surface area (Å²) in [5.41, 5.74) is 2.56. The monoisotopic (exact) mass is 383 g/mol. The van der Waals surface area contributed by atoms with Crippen LogP contribution in [0.4, 0.5) is 5.69 Å². The highest BCUT2D eigenvalue weighted by molar-refractivity contribution is 5.66. The molecule has 10 atom stereocenters. The van der Waals surface area contributed by atoms with Crippen molar-refractivity contribution in [2.24, 2.45) is 17.8 Å². The number of rotatable bonds is 4. The molecule has 4 heteroatoms. The highest BCUT2D eigenvalue weighted by Gasteiger charge is 2.82. The average Bonchev–Trinajstić information content (AvgIpc) is 3.09. The number of hydrogen-bond donors (Lipinski definition) is 2. The molecule has 0 radical (unpaired) electrons. The van der Waals surface area contributed by atoms with Crippen LogP contribution in [-0.4, -0.2) is 58.7 Å². The molecule has 5 heterocycles. The van der Waals surface area contributed by atoms with E-state index >= 15 is 0 Å². The van der Waals surface area contributed by atoms with Crippen molar-refractivity contribution in [2.45, 2.75) is 81.8 Å². The van der Waals surface area contributed by atoms with Gasteiger partial charge in [-0.2, -0.15) is 0 Å². The van der Waals surface area contributed by atoms with Crippen LogP contribution in [0.5, 0.6) is 0 Å². The third kappa shape index (κ3) is 1.61. The second kappa shape index (κ2) is 5.53. The highest BCUT2D eigenvalue weighted by Crippen LogP contribution is 2.71. The van der Waals surface area contributed by atoms with Crippen molar-refractivity contribution in [3.8, 4) is 0 Å². The number of aliphatic hydroxyl groups is 2. The van der Waals surface area contributed by atoms with E-state index in [-0.39, 0.29) is 17.7 Å². The van der Waals surface area contributed by atoms with Crippen LogP contribution in [0.3, 0.4) is 0 Å². The number of aliphatic hydroxyl groups excluding tert-OH is 2. The molecule has 0 aromatic heterocycles. The summed E-state index contributed by atoms with van der Waals surface area (Å²) >= 11 is 0. The maximum atomic E-state index is 12.0. The van der Waals surface area contributed by atoms with Gasteiger partial charge in [-0.05, 0) is 30.4 Å². The van der Waals surface area contributed by atoms with Crippen LogP contribution in [0.1, 0.15) is 51.5 Å². The minimum absolute atomic E-state index is 0.129. The molecule has 1 spiro atoms. The maximum absolute atomic E-state index is 12.0. The Kier molecular flexibility index (Phi) is 3.50. The van der Waals surface area contributed by atoms with E-state index in [1.54, 1.807) is 0 Å². The molecular weight excluding hydrogens is 348 g/mol. The van der Waals surface area contributed by atoms with Gasteiger partial charge >= 0.3 is 0 Å². The highest BCUT2D eigenvalue weighted by atomic mass is 16.3. The summed E-state index contributed by atoms with van der Waals surface area (Å²) in [6.45, 7) is 5.59. The Morgan fingerprint density at radius 2 is 1.96 bits per heavy atom. The van der Waals surface area contributed by atoms with Gasteiger partial charge in [0.05, 0.1) is 30.1 Å². The van der Waals surface area contributed by atoms with Crippen molar-refractivity contribution >= 4 is 5.69 Å². The van der Waals surface area contributed by atoms with Gasteiger partial charge in [0.1, 0.15) is 6.04 Å². The van der Waals surface area contributed by atoms with E-state index in [0.717, 1.165) is 23.9 Å². The largest absolute Gasteiger partial charge is 0.392 e. The summed E-state index contributed by atoms with van der Waals surface area (Å²) in [4.78, 5) is 2.49. The Morgan fingerprint density at radius 3 is 2.71 bits per heavy atom. The van der Waals surface area contributed by atoms with Gasteiger partial charge in [0.15, 0.2) is 6.23 Å². The van der Waals surface area contributed by atoms with Gasteiger partial charge in [0.2, 0.25) is 0 Å². The quantitative estimate of drug-likeness (QED) is 0.786. The van der Waals surface area contributed by atoms with E-state index in [1.165, 1.54) is 30.5 Å². The number of fused-ring (bicyclic) bond motifs is 2. The Morgan fingerprint density at radius 1 is 1.18 bits per heavy atom. The van der Waals surface area contributed by atoms with Crippen LogP contribution in [0.25, 0.3) is 0 Å². The molecule has 1 aliphatic carbocycles. The first-order valence-corrected chi connectivity index (χ1v) is 11.6. The van der Waals surface area contributed by atoms with Gasteiger partial charge in [-0.1, -0.05) is 38.5 Å². The summed E-state index contributed by atoms with van der Waals surface area (Å²) in [7, 11) is 2.24. The summed E-state index contributed by atoms with van der Waals surface area (Å²) in [5.74, 6) is 1.18. The van der Waals surface area contributed by atoms with Gasteiger partial charge in [-0.25, -0.2) is 0 Å². The number of piperidine rings is 4. The second-order valence-electron chi connectivity index (χ2n) is 10.4. The molecule has 5 bridgehead atoms. The lowest BCUT2D eigenvalue weighted by atomic mass is 9.60. The fraction of sp³-hybridized carbons (Fsp3) is 0.750. The molecule has 0 unspecified atom stereocenters. The first-order chi connectivity index (χ1) is 13.5. The Hall–Kier alpha value is -1.10. The average molecular weight is 384 g/mol. The lowest BCUT2D eigenvalue weighted by molar-refractivity contribution is -1.04. The predicted octanol–water partition coefficient (Wildman–Crippen LogP) is 2.87. The Labute approximate surface area is 168 Å². The first-order valence-electron chi connectivity index (χ1n) is 11.6. The lowest BCUT2D eigenvalue weighted by Gasteiger charge is -2.68. The van der Waals surface area contributed by atoms with E-state index in [4.69, 9.17) is 0 Å². The minimum Gasteiger partial charge on any atom is -0.392 e. The van der Waals surface area contributed by atoms with Crippen LogP contribution in [0, 0.1) is 17.8 Å². The molecule has 1 aromatic rings. The number of para-hydroxylation sites is 1. The number of quaternary nitrogens is 1. The molecular formula is C24H35N2O2+. The molecule has 7 rings (SSSR count). The smallest absolute Gasteiger partial charge is 0.194 e. The second-order valence-corrected chi connectivity index (χ2v) is 10.4. The van der Waals surface area contributed by atoms with Crippen molar-refractivity contribution in [2.75, 3.05) is 18.5 Å². The van der Waals surface area contributed by atoms with Gasteiger partial charge in [-0.15, -0.1) is 0 Å². The summed E-state index contributed by atoms with van der Waals surface area (Å²) < 4.78 is 0.884. The standard InChI is InChI=1S/C24H35N2O2/c1-4-6-11-26-18-12-15(14(5-2)23(26)28)20-19(26)13-24(22(20)27)16-9-7-8-10-17(16)25(3)21(18)24/h7-10,14-15,18-23,27-28H,4-6,11-13H2,1-3H3/q+1/t14-,15-,18+,19+,20-,21+,22-,23-,24+,26+/m1/s1. The van der Waals surface area contributed by atoms with Crippen molar-refractivity contribution in [3.63, 3.8) is 0 Å². The molecule has 152 valence electrons. The van der Waals surface area contributed by atoms with E-state index < -0.39 is 0 Å². The van der Waals surface area contributed by atoms with Crippen LogP contribution in [-0.2, 0) is 5.41 Å². The molecule has 5 fully saturated rings. The zero-order valence-electron chi connectivity index (χ0n) is 17.5. The van der Waals surface area contributed by atoms with Crippen molar-refractivity contribution < 1.29 is 14.7 Å². The van der Waals surface area contributed by atoms with Gasteiger partial charge in [-0.3, -0.25) is 4.48 Å². The summed E-state index contributed by atoms with van der Waals surface area (Å²) in [6, 6.07) is 10.00. The zero-order valence-corrected chi connectivity index (χ0v) is 17.5. The molecule has 1 saturated carbocycles. The molecule has 1 aromatic carbocycles. The predicted molar refractivity (Wildman–Crippen MR) is 110 cm³/mol. The van der Waals surface area contributed by atoms with Gasteiger partial charge in [0, 0.05) is 37.4 Å². The number of hydrogen-bond acceptors (Lipinski definition) is 3. The topological polar surface area (TPSA) is 43.7 Å². The number of nitrogens with zero attached hydrogens (tertiary/aromatic N) is 2. The van der Waals surface area contributed by atoms with E-state index in [0.29, 0.717) is 35.9 Å².